The monoisotopic (exact) mass is 362 g/mol. The maximum Gasteiger partial charge on any atom is 0.326 e. The second-order valence-corrected chi connectivity index (χ2v) is 6.20. The van der Waals surface area contributed by atoms with E-state index in [4.69, 9.17) is 11.5 Å². The Kier molecular flexibility index (Phi) is 11.4. The van der Waals surface area contributed by atoms with Crippen LogP contribution in [0.4, 0.5) is 0 Å². The Morgan fingerprint density at radius 2 is 1.71 bits per heavy atom. The second-order valence-electron chi connectivity index (χ2n) is 5.84. The van der Waals surface area contributed by atoms with E-state index in [0.717, 1.165) is 6.42 Å². The normalized spacial score (nSPS) is 15.9. The smallest absolute Gasteiger partial charge is 0.326 e. The van der Waals surface area contributed by atoms with Crippen LogP contribution >= 0.6 is 12.6 Å². The summed E-state index contributed by atoms with van der Waals surface area (Å²) in [7, 11) is 0. The number of nitrogens with two attached hydrogens (primary N) is 2. The van der Waals surface area contributed by atoms with E-state index in [2.05, 4.69) is 23.3 Å². The minimum absolute atomic E-state index is 0.0309. The molecule has 4 atom stereocenters. The molecule has 9 heteroatoms. The van der Waals surface area contributed by atoms with E-state index in [1.165, 1.54) is 0 Å². The number of carboxylic acid groups (broad SMARTS) is 1. The predicted octanol–water partition coefficient (Wildman–Crippen LogP) is -0.527. The Bertz CT molecular complexity index is 422. The number of carbonyl (C=O) groups is 3. The fourth-order valence-electron chi connectivity index (χ4n) is 2.00. The minimum Gasteiger partial charge on any atom is -0.480 e. The zero-order valence-corrected chi connectivity index (χ0v) is 15.2. The van der Waals surface area contributed by atoms with E-state index < -0.39 is 35.9 Å². The maximum atomic E-state index is 12.2. The number of thiol groups is 1. The van der Waals surface area contributed by atoms with Crippen molar-refractivity contribution in [2.45, 2.75) is 57.7 Å². The highest BCUT2D eigenvalue weighted by molar-refractivity contribution is 7.80. The molecule has 0 rings (SSSR count). The summed E-state index contributed by atoms with van der Waals surface area (Å²) in [6.45, 7) is 4.22. The van der Waals surface area contributed by atoms with Crippen molar-refractivity contribution in [3.05, 3.63) is 0 Å². The first kappa shape index (κ1) is 22.7. The summed E-state index contributed by atoms with van der Waals surface area (Å²) in [4.78, 5) is 35.5. The Morgan fingerprint density at radius 1 is 1.12 bits per heavy atom. The van der Waals surface area contributed by atoms with E-state index in [1.807, 2.05) is 13.8 Å². The largest absolute Gasteiger partial charge is 0.480 e. The van der Waals surface area contributed by atoms with Crippen molar-refractivity contribution in [1.82, 2.24) is 10.6 Å². The van der Waals surface area contributed by atoms with Gasteiger partial charge in [0.25, 0.3) is 0 Å². The molecular weight excluding hydrogens is 332 g/mol. The summed E-state index contributed by atoms with van der Waals surface area (Å²) < 4.78 is 0. The molecule has 0 aromatic carbocycles. The Balaban J connectivity index is 4.71. The molecule has 0 aliphatic heterocycles. The SMILES string of the molecule is CC[C@H](C)[C@H](N)C(=O)N[C@@H](CS)C(=O)N[C@@H](CCCCN)C(=O)O. The Hall–Kier alpha value is -1.32. The van der Waals surface area contributed by atoms with Crippen molar-refractivity contribution in [2.24, 2.45) is 17.4 Å². The molecule has 0 fully saturated rings. The van der Waals surface area contributed by atoms with Crippen LogP contribution in [0.15, 0.2) is 0 Å². The molecule has 0 radical (unpaired) electrons. The molecule has 140 valence electrons. The van der Waals surface area contributed by atoms with Gasteiger partial charge >= 0.3 is 5.97 Å². The lowest BCUT2D eigenvalue weighted by Gasteiger charge is -2.23. The predicted molar refractivity (Wildman–Crippen MR) is 95.7 cm³/mol. The fraction of sp³-hybridized carbons (Fsp3) is 0.800. The van der Waals surface area contributed by atoms with E-state index in [-0.39, 0.29) is 18.1 Å². The molecule has 0 aliphatic rings. The quantitative estimate of drug-likeness (QED) is 0.203. The van der Waals surface area contributed by atoms with Crippen molar-refractivity contribution in [2.75, 3.05) is 12.3 Å². The van der Waals surface area contributed by atoms with Crippen LogP contribution in [0.25, 0.3) is 0 Å². The number of carbonyl (C=O) groups excluding carboxylic acids is 2. The molecule has 0 aromatic heterocycles. The van der Waals surface area contributed by atoms with Crippen LogP contribution in [0.3, 0.4) is 0 Å². The highest BCUT2D eigenvalue weighted by Crippen LogP contribution is 2.06. The van der Waals surface area contributed by atoms with Gasteiger partial charge in [0.2, 0.25) is 11.8 Å². The molecule has 0 spiro atoms. The van der Waals surface area contributed by atoms with Gasteiger partial charge in [0, 0.05) is 5.75 Å². The van der Waals surface area contributed by atoms with Gasteiger partial charge in [-0.2, -0.15) is 12.6 Å². The van der Waals surface area contributed by atoms with Gasteiger partial charge in [-0.1, -0.05) is 20.3 Å². The number of amides is 2. The molecule has 0 unspecified atom stereocenters. The topological polar surface area (TPSA) is 148 Å². The molecule has 0 aliphatic carbocycles. The van der Waals surface area contributed by atoms with Crippen LogP contribution in [0, 0.1) is 5.92 Å². The van der Waals surface area contributed by atoms with Crippen LogP contribution in [-0.2, 0) is 14.4 Å². The van der Waals surface area contributed by atoms with E-state index >= 15 is 0 Å². The van der Waals surface area contributed by atoms with Crippen LogP contribution < -0.4 is 22.1 Å². The van der Waals surface area contributed by atoms with E-state index in [0.29, 0.717) is 19.4 Å². The average molecular weight is 362 g/mol. The van der Waals surface area contributed by atoms with Crippen LogP contribution in [0.2, 0.25) is 0 Å². The highest BCUT2D eigenvalue weighted by atomic mass is 32.1. The van der Waals surface area contributed by atoms with Crippen molar-refractivity contribution >= 4 is 30.4 Å². The molecule has 8 nitrogen and oxygen atoms in total. The fourth-order valence-corrected chi connectivity index (χ4v) is 2.25. The van der Waals surface area contributed by atoms with Gasteiger partial charge in [0.05, 0.1) is 6.04 Å². The number of nitrogens with one attached hydrogen (secondary N) is 2. The van der Waals surface area contributed by atoms with Gasteiger partial charge < -0.3 is 27.2 Å². The zero-order chi connectivity index (χ0) is 18.7. The average Bonchev–Trinajstić information content (AvgIpc) is 2.56. The van der Waals surface area contributed by atoms with Gasteiger partial charge in [-0.05, 0) is 31.7 Å². The van der Waals surface area contributed by atoms with Gasteiger partial charge in [0.15, 0.2) is 0 Å². The summed E-state index contributed by atoms with van der Waals surface area (Å²) in [6.07, 6.45) is 2.27. The Labute approximate surface area is 148 Å². The molecular formula is C15H30N4O4S. The summed E-state index contributed by atoms with van der Waals surface area (Å²) in [6, 6.07) is -2.69. The summed E-state index contributed by atoms with van der Waals surface area (Å²) in [5.74, 6) is -2.15. The summed E-state index contributed by atoms with van der Waals surface area (Å²) in [5.41, 5.74) is 11.2. The zero-order valence-electron chi connectivity index (χ0n) is 14.3. The van der Waals surface area contributed by atoms with Gasteiger partial charge in [-0.3, -0.25) is 9.59 Å². The first-order chi connectivity index (χ1) is 11.3. The molecule has 2 amide bonds. The molecule has 0 bridgehead atoms. The number of unbranched alkanes of at least 4 members (excludes halogenated alkanes) is 1. The van der Waals surface area contributed by atoms with E-state index in [1.54, 1.807) is 0 Å². The molecule has 0 heterocycles. The lowest BCUT2D eigenvalue weighted by atomic mass is 9.99. The molecule has 24 heavy (non-hydrogen) atoms. The third-order valence-electron chi connectivity index (χ3n) is 3.94. The molecule has 0 aromatic rings. The molecule has 0 saturated carbocycles. The van der Waals surface area contributed by atoms with Crippen LogP contribution in [0.1, 0.15) is 39.5 Å². The maximum absolute atomic E-state index is 12.2. The van der Waals surface area contributed by atoms with Crippen molar-refractivity contribution < 1.29 is 19.5 Å². The van der Waals surface area contributed by atoms with Crippen molar-refractivity contribution in [3.63, 3.8) is 0 Å². The third-order valence-corrected chi connectivity index (χ3v) is 4.30. The van der Waals surface area contributed by atoms with Crippen molar-refractivity contribution in [1.29, 1.82) is 0 Å². The number of aliphatic carboxylic acids is 1. The van der Waals surface area contributed by atoms with Crippen molar-refractivity contribution in [3.8, 4) is 0 Å². The summed E-state index contributed by atoms with van der Waals surface area (Å²) in [5, 5.41) is 14.1. The van der Waals surface area contributed by atoms with Gasteiger partial charge in [-0.15, -0.1) is 0 Å². The number of hydrogen-bond donors (Lipinski definition) is 6. The number of rotatable bonds is 12. The first-order valence-corrected chi connectivity index (χ1v) is 8.81. The Morgan fingerprint density at radius 3 is 2.17 bits per heavy atom. The summed E-state index contributed by atoms with van der Waals surface area (Å²) >= 11 is 4.05. The first-order valence-electron chi connectivity index (χ1n) is 8.18. The number of hydrogen-bond acceptors (Lipinski definition) is 6. The standard InChI is InChI=1S/C15H30N4O4S/c1-3-9(2)12(17)14(21)19-11(8-24)13(20)18-10(15(22)23)6-4-5-7-16/h9-12,24H,3-8,16-17H2,1-2H3,(H,18,20)(H,19,21)(H,22,23)/t9-,10-,11-,12-/m0/s1. The van der Waals surface area contributed by atoms with Crippen LogP contribution in [0.5, 0.6) is 0 Å². The highest BCUT2D eigenvalue weighted by Gasteiger charge is 2.28. The number of carboxylic acids is 1. The minimum atomic E-state index is -1.12. The molecule has 0 saturated heterocycles. The second kappa shape index (κ2) is 12.1. The third kappa shape index (κ3) is 7.98. The van der Waals surface area contributed by atoms with E-state index in [9.17, 15) is 19.5 Å². The van der Waals surface area contributed by atoms with Gasteiger partial charge in [0.1, 0.15) is 12.1 Å². The lowest BCUT2D eigenvalue weighted by Crippen LogP contribution is -2.56. The van der Waals surface area contributed by atoms with Gasteiger partial charge in [-0.25, -0.2) is 4.79 Å². The molecule has 7 N–H and O–H groups in total. The van der Waals surface area contributed by atoms with Crippen LogP contribution in [-0.4, -0.2) is 53.3 Å². The lowest BCUT2D eigenvalue weighted by molar-refractivity contribution is -0.142.